The quantitative estimate of drug-likeness (QED) is 0.739. The Morgan fingerprint density at radius 3 is 2.59 bits per heavy atom. The molecule has 5 nitrogen and oxygen atoms in total. The molecule has 0 aromatic carbocycles. The number of hydrogen-bond acceptors (Lipinski definition) is 2. The van der Waals surface area contributed by atoms with Crippen LogP contribution >= 0.6 is 0 Å². The molecule has 1 aliphatic rings. The van der Waals surface area contributed by atoms with Crippen molar-refractivity contribution in [2.24, 2.45) is 17.8 Å². The molecule has 0 spiro atoms. The van der Waals surface area contributed by atoms with Crippen molar-refractivity contribution in [2.75, 3.05) is 20.1 Å². The second-order valence-electron chi connectivity index (χ2n) is 5.24. The summed E-state index contributed by atoms with van der Waals surface area (Å²) in [5.41, 5.74) is 0. The van der Waals surface area contributed by atoms with Gasteiger partial charge >= 0.3 is 12.0 Å². The van der Waals surface area contributed by atoms with E-state index >= 15 is 0 Å². The molecule has 0 radical (unpaired) electrons. The van der Waals surface area contributed by atoms with E-state index in [-0.39, 0.29) is 18.4 Å². The lowest BCUT2D eigenvalue weighted by molar-refractivity contribution is -0.137. The second-order valence-corrected chi connectivity index (χ2v) is 5.24. The predicted octanol–water partition coefficient (Wildman–Crippen LogP) is 1.39. The summed E-state index contributed by atoms with van der Waals surface area (Å²) in [5, 5.41) is 11.4. The van der Waals surface area contributed by atoms with Gasteiger partial charge in [0, 0.05) is 26.6 Å². The number of carboxylic acid groups (broad SMARTS) is 1. The molecule has 1 aliphatic carbocycles. The van der Waals surface area contributed by atoms with Crippen LogP contribution in [0.2, 0.25) is 0 Å². The summed E-state index contributed by atoms with van der Waals surface area (Å²) in [6.45, 7) is 5.21. The van der Waals surface area contributed by atoms with E-state index in [2.05, 4.69) is 12.2 Å². The molecule has 0 saturated heterocycles. The van der Waals surface area contributed by atoms with Crippen LogP contribution in [0.25, 0.3) is 0 Å². The third-order valence-corrected chi connectivity index (χ3v) is 3.26. The summed E-state index contributed by atoms with van der Waals surface area (Å²) in [6.07, 6.45) is 1.29. The molecule has 0 heterocycles. The predicted molar refractivity (Wildman–Crippen MR) is 64.7 cm³/mol. The molecular formula is C12H22N2O3. The third-order valence-electron chi connectivity index (χ3n) is 3.26. The normalized spacial score (nSPS) is 23.9. The Balaban J connectivity index is 2.17. The zero-order valence-corrected chi connectivity index (χ0v) is 10.8. The molecule has 0 aliphatic heterocycles. The Bertz CT molecular complexity index is 293. The maximum atomic E-state index is 11.7. The van der Waals surface area contributed by atoms with E-state index in [9.17, 15) is 9.59 Å². The molecule has 2 N–H and O–H groups in total. The monoisotopic (exact) mass is 242 g/mol. The summed E-state index contributed by atoms with van der Waals surface area (Å²) in [5.74, 6) is 0.509. The van der Waals surface area contributed by atoms with Crippen molar-refractivity contribution in [3.63, 3.8) is 0 Å². The zero-order chi connectivity index (χ0) is 13.0. The van der Waals surface area contributed by atoms with Crippen molar-refractivity contribution in [3.8, 4) is 0 Å². The fourth-order valence-corrected chi connectivity index (χ4v) is 1.85. The number of carbonyl (C=O) groups excluding carboxylic acids is 1. The average Bonchev–Trinajstić information content (AvgIpc) is 2.89. The molecule has 1 rings (SSSR count). The van der Waals surface area contributed by atoms with Gasteiger partial charge in [-0.3, -0.25) is 4.79 Å². The van der Waals surface area contributed by atoms with E-state index in [1.165, 1.54) is 6.42 Å². The minimum absolute atomic E-state index is 0.0373. The van der Waals surface area contributed by atoms with Crippen molar-refractivity contribution >= 4 is 12.0 Å². The topological polar surface area (TPSA) is 69.6 Å². The van der Waals surface area contributed by atoms with Crippen LogP contribution in [0.5, 0.6) is 0 Å². The van der Waals surface area contributed by atoms with E-state index in [1.807, 2.05) is 6.92 Å². The molecule has 5 heteroatoms. The lowest BCUT2D eigenvalue weighted by Crippen LogP contribution is -2.40. The Morgan fingerprint density at radius 2 is 2.12 bits per heavy atom. The largest absolute Gasteiger partial charge is 0.481 e. The Kier molecular flexibility index (Phi) is 4.78. The second kappa shape index (κ2) is 5.89. The average molecular weight is 242 g/mol. The van der Waals surface area contributed by atoms with Crippen LogP contribution in [0.15, 0.2) is 0 Å². The summed E-state index contributed by atoms with van der Waals surface area (Å²) < 4.78 is 0. The molecule has 2 amide bonds. The van der Waals surface area contributed by atoms with Gasteiger partial charge in [-0.05, 0) is 24.2 Å². The number of nitrogens with one attached hydrogen (secondary N) is 1. The van der Waals surface area contributed by atoms with Gasteiger partial charge in [-0.25, -0.2) is 4.79 Å². The van der Waals surface area contributed by atoms with Crippen molar-refractivity contribution in [2.45, 2.75) is 26.7 Å². The van der Waals surface area contributed by atoms with Crippen molar-refractivity contribution in [1.82, 2.24) is 10.2 Å². The molecule has 1 saturated carbocycles. The van der Waals surface area contributed by atoms with Crippen LogP contribution in [0.3, 0.4) is 0 Å². The minimum Gasteiger partial charge on any atom is -0.481 e. The number of nitrogens with zero attached hydrogens (tertiary/aromatic N) is 1. The van der Waals surface area contributed by atoms with E-state index < -0.39 is 5.97 Å². The Hall–Kier alpha value is -1.26. The van der Waals surface area contributed by atoms with E-state index in [4.69, 9.17) is 5.11 Å². The van der Waals surface area contributed by atoms with Gasteiger partial charge < -0.3 is 15.3 Å². The van der Waals surface area contributed by atoms with Crippen LogP contribution < -0.4 is 5.32 Å². The summed E-state index contributed by atoms with van der Waals surface area (Å²) in [4.78, 5) is 23.8. The number of carboxylic acids is 1. The highest BCUT2D eigenvalue weighted by Gasteiger charge is 2.34. The van der Waals surface area contributed by atoms with Gasteiger partial charge in [0.15, 0.2) is 0 Å². The van der Waals surface area contributed by atoms with Crippen LogP contribution in [0.1, 0.15) is 26.7 Å². The van der Waals surface area contributed by atoms with Gasteiger partial charge in [0.2, 0.25) is 0 Å². The van der Waals surface area contributed by atoms with Gasteiger partial charge in [0.25, 0.3) is 0 Å². The van der Waals surface area contributed by atoms with Gasteiger partial charge in [-0.1, -0.05) is 13.8 Å². The molecule has 0 bridgehead atoms. The first-order valence-corrected chi connectivity index (χ1v) is 6.11. The number of hydrogen-bond donors (Lipinski definition) is 2. The van der Waals surface area contributed by atoms with Crippen molar-refractivity contribution in [3.05, 3.63) is 0 Å². The van der Waals surface area contributed by atoms with E-state index in [0.29, 0.717) is 12.5 Å². The first-order valence-electron chi connectivity index (χ1n) is 6.11. The number of amides is 2. The first kappa shape index (κ1) is 13.8. The minimum atomic E-state index is -0.827. The highest BCUT2D eigenvalue weighted by atomic mass is 16.4. The maximum Gasteiger partial charge on any atom is 0.317 e. The molecule has 0 aromatic rings. The van der Waals surface area contributed by atoms with Crippen LogP contribution in [0, 0.1) is 17.8 Å². The van der Waals surface area contributed by atoms with Crippen LogP contribution in [-0.2, 0) is 4.79 Å². The highest BCUT2D eigenvalue weighted by molar-refractivity contribution is 5.74. The first-order chi connectivity index (χ1) is 7.90. The zero-order valence-electron chi connectivity index (χ0n) is 10.8. The smallest absolute Gasteiger partial charge is 0.317 e. The van der Waals surface area contributed by atoms with Gasteiger partial charge in [0.05, 0.1) is 0 Å². The molecule has 17 heavy (non-hydrogen) atoms. The Morgan fingerprint density at radius 1 is 1.53 bits per heavy atom. The number of aliphatic carboxylic acids is 1. The molecule has 3 atom stereocenters. The SMILES string of the molecule is CC(CNC(=O)N(C)CC1CC1C)CC(=O)O. The number of carbonyl (C=O) groups is 2. The number of rotatable bonds is 6. The van der Waals surface area contributed by atoms with Crippen LogP contribution in [-0.4, -0.2) is 42.1 Å². The highest BCUT2D eigenvalue weighted by Crippen LogP contribution is 2.37. The fourth-order valence-electron chi connectivity index (χ4n) is 1.85. The fraction of sp³-hybridized carbons (Fsp3) is 0.833. The molecule has 98 valence electrons. The van der Waals surface area contributed by atoms with E-state index in [0.717, 1.165) is 12.5 Å². The third kappa shape index (κ3) is 5.06. The summed E-state index contributed by atoms with van der Waals surface area (Å²) in [7, 11) is 1.78. The maximum absolute atomic E-state index is 11.7. The van der Waals surface area contributed by atoms with E-state index in [1.54, 1.807) is 11.9 Å². The van der Waals surface area contributed by atoms with Gasteiger partial charge in [0.1, 0.15) is 0 Å². The summed E-state index contributed by atoms with van der Waals surface area (Å²) >= 11 is 0. The molecule has 3 unspecified atom stereocenters. The summed E-state index contributed by atoms with van der Waals surface area (Å²) in [6, 6.07) is -0.110. The van der Waals surface area contributed by atoms with Crippen LogP contribution in [0.4, 0.5) is 4.79 Å². The molecule has 1 fully saturated rings. The molecular weight excluding hydrogens is 220 g/mol. The van der Waals surface area contributed by atoms with Crippen molar-refractivity contribution in [1.29, 1.82) is 0 Å². The number of urea groups is 1. The van der Waals surface area contributed by atoms with Gasteiger partial charge in [-0.2, -0.15) is 0 Å². The standard InChI is InChI=1S/C12H22N2O3/c1-8(4-11(15)16)6-13-12(17)14(3)7-10-5-9(10)2/h8-10H,4-7H2,1-3H3,(H,13,17)(H,15,16). The Labute approximate surface area is 102 Å². The lowest BCUT2D eigenvalue weighted by Gasteiger charge is -2.19. The van der Waals surface area contributed by atoms with Crippen molar-refractivity contribution < 1.29 is 14.7 Å². The molecule has 0 aromatic heterocycles. The van der Waals surface area contributed by atoms with Gasteiger partial charge in [-0.15, -0.1) is 0 Å². The lowest BCUT2D eigenvalue weighted by atomic mass is 10.1.